The van der Waals surface area contributed by atoms with Gasteiger partial charge in [-0.2, -0.15) is 0 Å². The van der Waals surface area contributed by atoms with E-state index in [1.807, 2.05) is 24.3 Å². The molecule has 0 saturated carbocycles. The van der Waals surface area contributed by atoms with E-state index in [1.54, 1.807) is 25.3 Å². The highest BCUT2D eigenvalue weighted by atomic mass is 16.5. The van der Waals surface area contributed by atoms with Gasteiger partial charge in [0.25, 0.3) is 5.91 Å². The predicted molar refractivity (Wildman–Crippen MR) is 85.9 cm³/mol. The number of hydrogen-bond acceptors (Lipinski definition) is 4. The van der Waals surface area contributed by atoms with E-state index in [2.05, 4.69) is 10.6 Å². The quantitative estimate of drug-likeness (QED) is 0.907. The fraction of sp³-hybridized carbons (Fsp3) is 0.176. The highest BCUT2D eigenvalue weighted by Crippen LogP contribution is 2.30. The molecule has 0 spiro atoms. The predicted octanol–water partition coefficient (Wildman–Crippen LogP) is 2.21. The van der Waals surface area contributed by atoms with Crippen molar-refractivity contribution < 1.29 is 19.1 Å². The molecule has 0 bridgehead atoms. The summed E-state index contributed by atoms with van der Waals surface area (Å²) in [5, 5.41) is 5.52. The summed E-state index contributed by atoms with van der Waals surface area (Å²) in [7, 11) is 1.60. The first kappa shape index (κ1) is 14.9. The van der Waals surface area contributed by atoms with Crippen LogP contribution in [-0.2, 0) is 16.0 Å². The van der Waals surface area contributed by atoms with Gasteiger partial charge >= 0.3 is 0 Å². The molecule has 6 nitrogen and oxygen atoms in total. The van der Waals surface area contributed by atoms with E-state index < -0.39 is 0 Å². The van der Waals surface area contributed by atoms with Crippen molar-refractivity contribution in [3.63, 3.8) is 0 Å². The Morgan fingerprint density at radius 2 is 2.04 bits per heavy atom. The molecule has 1 aliphatic heterocycles. The number of benzene rings is 2. The van der Waals surface area contributed by atoms with Crippen LogP contribution < -0.4 is 20.1 Å². The zero-order valence-electron chi connectivity index (χ0n) is 12.6. The van der Waals surface area contributed by atoms with Crippen LogP contribution in [0.3, 0.4) is 0 Å². The zero-order chi connectivity index (χ0) is 16.2. The van der Waals surface area contributed by atoms with Crippen molar-refractivity contribution >= 4 is 23.2 Å². The molecule has 0 unspecified atom stereocenters. The van der Waals surface area contributed by atoms with Gasteiger partial charge in [-0.25, -0.2) is 0 Å². The Morgan fingerprint density at radius 1 is 1.26 bits per heavy atom. The van der Waals surface area contributed by atoms with Gasteiger partial charge in [-0.15, -0.1) is 0 Å². The van der Waals surface area contributed by atoms with E-state index in [9.17, 15) is 9.59 Å². The molecule has 2 N–H and O–H groups in total. The standard InChI is InChI=1S/C17H16N2O4/c1-22-13-5-2-11(3-6-13)8-16(20)18-12-4-7-14-15(9-12)23-10-17(21)19-14/h2-7,9H,8,10H2,1H3,(H,18,20)(H,19,21). The third-order valence-electron chi connectivity index (χ3n) is 3.42. The van der Waals surface area contributed by atoms with E-state index in [1.165, 1.54) is 0 Å². The normalized spacial score (nSPS) is 12.7. The van der Waals surface area contributed by atoms with Gasteiger partial charge in [-0.1, -0.05) is 12.1 Å². The van der Waals surface area contributed by atoms with Gasteiger partial charge in [0.05, 0.1) is 19.2 Å². The van der Waals surface area contributed by atoms with Gasteiger partial charge < -0.3 is 20.1 Å². The average Bonchev–Trinajstić information content (AvgIpc) is 2.55. The second-order valence-corrected chi connectivity index (χ2v) is 5.12. The Hall–Kier alpha value is -3.02. The number of amides is 2. The van der Waals surface area contributed by atoms with Gasteiger partial charge in [0.2, 0.25) is 5.91 Å². The van der Waals surface area contributed by atoms with Gasteiger partial charge in [0, 0.05) is 11.8 Å². The summed E-state index contributed by atoms with van der Waals surface area (Å²) in [6.07, 6.45) is 0.263. The summed E-state index contributed by atoms with van der Waals surface area (Å²) >= 11 is 0. The average molecular weight is 312 g/mol. The topological polar surface area (TPSA) is 76.7 Å². The van der Waals surface area contributed by atoms with Crippen LogP contribution in [0.15, 0.2) is 42.5 Å². The molecule has 2 aromatic carbocycles. The number of hydrogen-bond donors (Lipinski definition) is 2. The maximum absolute atomic E-state index is 12.1. The minimum atomic E-state index is -0.186. The lowest BCUT2D eigenvalue weighted by atomic mass is 10.1. The number of ether oxygens (including phenoxy) is 2. The van der Waals surface area contributed by atoms with Crippen LogP contribution in [0, 0.1) is 0 Å². The monoisotopic (exact) mass is 312 g/mol. The lowest BCUT2D eigenvalue weighted by Gasteiger charge is -2.18. The lowest BCUT2D eigenvalue weighted by molar-refractivity contribution is -0.118. The summed E-state index contributed by atoms with van der Waals surface area (Å²) in [5.74, 6) is 0.985. The highest BCUT2D eigenvalue weighted by molar-refractivity contribution is 5.97. The fourth-order valence-corrected chi connectivity index (χ4v) is 2.29. The van der Waals surface area contributed by atoms with Crippen molar-refractivity contribution in [3.05, 3.63) is 48.0 Å². The van der Waals surface area contributed by atoms with E-state index in [4.69, 9.17) is 9.47 Å². The first-order chi connectivity index (χ1) is 11.1. The summed E-state index contributed by atoms with van der Waals surface area (Å²) < 4.78 is 10.4. The Bertz CT molecular complexity index is 741. The first-order valence-corrected chi connectivity index (χ1v) is 7.13. The van der Waals surface area contributed by atoms with Crippen LogP contribution in [0.2, 0.25) is 0 Å². The molecule has 0 aromatic heterocycles. The zero-order valence-corrected chi connectivity index (χ0v) is 12.6. The van der Waals surface area contributed by atoms with Gasteiger partial charge in [-0.3, -0.25) is 9.59 Å². The largest absolute Gasteiger partial charge is 0.497 e. The molecular weight excluding hydrogens is 296 g/mol. The van der Waals surface area contributed by atoms with Gasteiger partial charge in [0.1, 0.15) is 11.5 Å². The molecule has 6 heteroatoms. The number of anilines is 2. The van der Waals surface area contributed by atoms with Crippen molar-refractivity contribution in [2.75, 3.05) is 24.4 Å². The molecule has 3 rings (SSSR count). The van der Waals surface area contributed by atoms with Crippen molar-refractivity contribution in [2.24, 2.45) is 0 Å². The summed E-state index contributed by atoms with van der Waals surface area (Å²) in [5.41, 5.74) is 2.12. The SMILES string of the molecule is COc1ccc(CC(=O)Nc2ccc3c(c2)OCC(=O)N3)cc1. The van der Waals surface area contributed by atoms with Crippen LogP contribution in [0.5, 0.6) is 11.5 Å². The highest BCUT2D eigenvalue weighted by Gasteiger charge is 2.16. The first-order valence-electron chi connectivity index (χ1n) is 7.13. The summed E-state index contributed by atoms with van der Waals surface area (Å²) in [4.78, 5) is 23.3. The van der Waals surface area contributed by atoms with Gasteiger partial charge in [0.15, 0.2) is 6.61 Å². The number of fused-ring (bicyclic) bond motifs is 1. The third-order valence-corrected chi connectivity index (χ3v) is 3.42. The Kier molecular flexibility index (Phi) is 4.14. The van der Waals surface area contributed by atoms with E-state index in [-0.39, 0.29) is 24.8 Å². The molecule has 1 heterocycles. The molecule has 0 saturated heterocycles. The Labute approximate surface area is 133 Å². The van der Waals surface area contributed by atoms with Crippen LogP contribution in [-0.4, -0.2) is 25.5 Å². The smallest absolute Gasteiger partial charge is 0.262 e. The van der Waals surface area contributed by atoms with E-state index in [0.29, 0.717) is 17.1 Å². The number of nitrogens with one attached hydrogen (secondary N) is 2. The molecule has 0 fully saturated rings. The van der Waals surface area contributed by atoms with Crippen LogP contribution in [0.1, 0.15) is 5.56 Å². The third kappa shape index (κ3) is 3.60. The second kappa shape index (κ2) is 6.39. The van der Waals surface area contributed by atoms with Crippen LogP contribution in [0.4, 0.5) is 11.4 Å². The van der Waals surface area contributed by atoms with Crippen molar-refractivity contribution in [3.8, 4) is 11.5 Å². The van der Waals surface area contributed by atoms with Crippen molar-refractivity contribution in [1.82, 2.24) is 0 Å². The molecule has 1 aliphatic rings. The van der Waals surface area contributed by atoms with Crippen LogP contribution >= 0.6 is 0 Å². The molecular formula is C17H16N2O4. The molecule has 2 amide bonds. The number of carbonyl (C=O) groups excluding carboxylic acids is 2. The molecule has 0 aliphatic carbocycles. The van der Waals surface area contributed by atoms with Crippen molar-refractivity contribution in [1.29, 1.82) is 0 Å². The minimum absolute atomic E-state index is 0.0176. The Morgan fingerprint density at radius 3 is 2.78 bits per heavy atom. The molecule has 2 aromatic rings. The van der Waals surface area contributed by atoms with E-state index in [0.717, 1.165) is 11.3 Å². The lowest BCUT2D eigenvalue weighted by Crippen LogP contribution is -2.25. The maximum atomic E-state index is 12.1. The summed E-state index contributed by atoms with van der Waals surface area (Å²) in [6.45, 7) is -0.0176. The molecule has 118 valence electrons. The molecule has 0 radical (unpaired) electrons. The van der Waals surface area contributed by atoms with Crippen LogP contribution in [0.25, 0.3) is 0 Å². The molecule has 23 heavy (non-hydrogen) atoms. The minimum Gasteiger partial charge on any atom is -0.497 e. The fourth-order valence-electron chi connectivity index (χ4n) is 2.29. The maximum Gasteiger partial charge on any atom is 0.262 e. The number of carbonyl (C=O) groups is 2. The van der Waals surface area contributed by atoms with Gasteiger partial charge in [-0.05, 0) is 29.8 Å². The van der Waals surface area contributed by atoms with E-state index >= 15 is 0 Å². The van der Waals surface area contributed by atoms with Crippen molar-refractivity contribution in [2.45, 2.75) is 6.42 Å². The molecule has 0 atom stereocenters. The number of rotatable bonds is 4. The Balaban J connectivity index is 1.64. The second-order valence-electron chi connectivity index (χ2n) is 5.12. The summed E-state index contributed by atoms with van der Waals surface area (Å²) in [6, 6.07) is 12.5. The number of methoxy groups -OCH3 is 1.